The molecular weight excluding hydrogens is 338 g/mol. The Bertz CT molecular complexity index is 797. The zero-order valence-electron chi connectivity index (χ0n) is 16.7. The van der Waals surface area contributed by atoms with Crippen molar-refractivity contribution in [3.63, 3.8) is 0 Å². The van der Waals surface area contributed by atoms with E-state index in [2.05, 4.69) is 52.2 Å². The number of anilines is 2. The lowest BCUT2D eigenvalue weighted by Crippen LogP contribution is -2.41. The molecule has 0 aliphatic carbocycles. The molecule has 0 saturated carbocycles. The van der Waals surface area contributed by atoms with E-state index in [0.29, 0.717) is 6.54 Å². The van der Waals surface area contributed by atoms with E-state index in [1.54, 1.807) is 6.33 Å². The zero-order valence-corrected chi connectivity index (χ0v) is 16.7. The van der Waals surface area contributed by atoms with E-state index in [-0.39, 0.29) is 11.8 Å². The van der Waals surface area contributed by atoms with Gasteiger partial charge in [-0.25, -0.2) is 9.97 Å². The van der Waals surface area contributed by atoms with Crippen LogP contribution in [0, 0.1) is 19.8 Å². The Balaban J connectivity index is 1.56. The number of nitrogens with zero attached hydrogens (tertiary/aromatic N) is 4. The Morgan fingerprint density at radius 2 is 2.00 bits per heavy atom. The van der Waals surface area contributed by atoms with Gasteiger partial charge in [0, 0.05) is 39.6 Å². The summed E-state index contributed by atoms with van der Waals surface area (Å²) in [5.74, 6) is 1.15. The Morgan fingerprint density at radius 3 is 2.70 bits per heavy atom. The molecule has 0 radical (unpaired) electrons. The Morgan fingerprint density at radius 1 is 1.26 bits per heavy atom. The maximum atomic E-state index is 12.6. The quantitative estimate of drug-likeness (QED) is 0.880. The highest BCUT2D eigenvalue weighted by atomic mass is 16.1. The summed E-state index contributed by atoms with van der Waals surface area (Å²) in [5.41, 5.74) is 4.67. The van der Waals surface area contributed by atoms with Gasteiger partial charge in [-0.2, -0.15) is 0 Å². The zero-order chi connectivity index (χ0) is 19.4. The fourth-order valence-electron chi connectivity index (χ4n) is 3.58. The molecule has 1 fully saturated rings. The number of piperidine rings is 1. The first kappa shape index (κ1) is 19.1. The number of carbonyl (C=O) groups excluding carboxylic acids is 1. The molecule has 0 atom stereocenters. The van der Waals surface area contributed by atoms with Crippen LogP contribution in [0.4, 0.5) is 11.5 Å². The van der Waals surface area contributed by atoms with E-state index in [1.165, 1.54) is 16.7 Å². The van der Waals surface area contributed by atoms with Gasteiger partial charge in [0.05, 0.1) is 11.9 Å². The number of nitrogens with one attached hydrogen (secondary N) is 1. The van der Waals surface area contributed by atoms with Gasteiger partial charge in [-0.1, -0.05) is 23.8 Å². The summed E-state index contributed by atoms with van der Waals surface area (Å²) < 4.78 is 0. The van der Waals surface area contributed by atoms with Gasteiger partial charge < -0.3 is 15.1 Å². The van der Waals surface area contributed by atoms with Crippen LogP contribution in [-0.2, 0) is 11.3 Å². The first-order valence-corrected chi connectivity index (χ1v) is 9.52. The second kappa shape index (κ2) is 8.37. The van der Waals surface area contributed by atoms with Crippen LogP contribution >= 0.6 is 0 Å². The van der Waals surface area contributed by atoms with Crippen molar-refractivity contribution >= 4 is 17.4 Å². The van der Waals surface area contributed by atoms with E-state index in [1.807, 2.05) is 25.2 Å². The van der Waals surface area contributed by atoms with Crippen molar-refractivity contribution in [3.8, 4) is 0 Å². The maximum absolute atomic E-state index is 12.6. The summed E-state index contributed by atoms with van der Waals surface area (Å²) >= 11 is 0. The molecule has 2 aromatic rings. The number of hydrogen-bond acceptors (Lipinski definition) is 5. The standard InChI is InChI=1S/C21H29N5O/c1-15-5-6-16(2)18(11-15)12-23-21(27)17-7-9-26(10-8-17)19-13-22-14-24-20(19)25(3)4/h5-6,11,13-14,17H,7-10,12H2,1-4H3,(H,23,27). The van der Waals surface area contributed by atoms with Crippen molar-refractivity contribution in [2.75, 3.05) is 37.0 Å². The number of aromatic nitrogens is 2. The average molecular weight is 367 g/mol. The second-order valence-electron chi connectivity index (χ2n) is 7.54. The highest BCUT2D eigenvalue weighted by molar-refractivity contribution is 5.79. The predicted octanol–water partition coefficient (Wildman–Crippen LogP) is 2.69. The molecule has 6 heteroatoms. The molecule has 1 N–H and O–H groups in total. The van der Waals surface area contributed by atoms with E-state index >= 15 is 0 Å². The normalized spacial score (nSPS) is 14.9. The van der Waals surface area contributed by atoms with Gasteiger partial charge in [0.2, 0.25) is 5.91 Å². The van der Waals surface area contributed by atoms with E-state index in [9.17, 15) is 4.79 Å². The summed E-state index contributed by atoms with van der Waals surface area (Å²) in [4.78, 5) is 25.5. The monoisotopic (exact) mass is 367 g/mol. The van der Waals surface area contributed by atoms with Gasteiger partial charge >= 0.3 is 0 Å². The molecule has 3 rings (SSSR count). The lowest BCUT2D eigenvalue weighted by molar-refractivity contribution is -0.125. The van der Waals surface area contributed by atoms with Crippen molar-refractivity contribution in [1.29, 1.82) is 0 Å². The predicted molar refractivity (Wildman–Crippen MR) is 109 cm³/mol. The highest BCUT2D eigenvalue weighted by Gasteiger charge is 2.26. The van der Waals surface area contributed by atoms with E-state index in [0.717, 1.165) is 37.4 Å². The minimum absolute atomic E-state index is 0.0683. The third-order valence-corrected chi connectivity index (χ3v) is 5.26. The number of aryl methyl sites for hydroxylation is 2. The van der Waals surface area contributed by atoms with Crippen molar-refractivity contribution < 1.29 is 4.79 Å². The summed E-state index contributed by atoms with van der Waals surface area (Å²) in [5, 5.41) is 3.13. The fraction of sp³-hybridized carbons (Fsp3) is 0.476. The SMILES string of the molecule is Cc1ccc(C)c(CNC(=O)C2CCN(c3cncnc3N(C)C)CC2)c1. The third kappa shape index (κ3) is 4.56. The third-order valence-electron chi connectivity index (χ3n) is 5.26. The van der Waals surface area contributed by atoms with Crippen LogP contribution in [0.15, 0.2) is 30.7 Å². The molecule has 2 heterocycles. The Kier molecular flexibility index (Phi) is 5.94. The summed E-state index contributed by atoms with van der Waals surface area (Å²) in [7, 11) is 3.97. The highest BCUT2D eigenvalue weighted by Crippen LogP contribution is 2.29. The molecule has 1 aromatic heterocycles. The van der Waals surface area contributed by atoms with Crippen LogP contribution in [-0.4, -0.2) is 43.1 Å². The van der Waals surface area contributed by atoms with Crippen molar-refractivity contribution in [3.05, 3.63) is 47.4 Å². The van der Waals surface area contributed by atoms with Gasteiger partial charge in [-0.05, 0) is 37.8 Å². The van der Waals surface area contributed by atoms with Gasteiger partial charge in [0.15, 0.2) is 5.82 Å². The number of rotatable bonds is 5. The van der Waals surface area contributed by atoms with Gasteiger partial charge in [0.25, 0.3) is 0 Å². The van der Waals surface area contributed by atoms with Gasteiger partial charge in [0.1, 0.15) is 6.33 Å². The van der Waals surface area contributed by atoms with Crippen molar-refractivity contribution in [2.24, 2.45) is 5.92 Å². The largest absolute Gasteiger partial charge is 0.367 e. The molecule has 1 saturated heterocycles. The average Bonchev–Trinajstić information content (AvgIpc) is 2.68. The summed E-state index contributed by atoms with van der Waals surface area (Å²) in [6, 6.07) is 6.36. The van der Waals surface area contributed by atoms with Crippen LogP contribution in [0.25, 0.3) is 0 Å². The molecule has 1 aliphatic heterocycles. The molecule has 6 nitrogen and oxygen atoms in total. The summed E-state index contributed by atoms with van der Waals surface area (Å²) in [6.07, 6.45) is 5.14. The molecule has 0 unspecified atom stereocenters. The molecule has 0 bridgehead atoms. The molecule has 1 aromatic carbocycles. The van der Waals surface area contributed by atoms with Gasteiger partial charge in [-0.3, -0.25) is 4.79 Å². The smallest absolute Gasteiger partial charge is 0.223 e. The van der Waals surface area contributed by atoms with Crippen LogP contribution in [0.5, 0.6) is 0 Å². The minimum Gasteiger partial charge on any atom is -0.367 e. The second-order valence-corrected chi connectivity index (χ2v) is 7.54. The topological polar surface area (TPSA) is 61.4 Å². The summed E-state index contributed by atoms with van der Waals surface area (Å²) in [6.45, 7) is 6.45. The lowest BCUT2D eigenvalue weighted by Gasteiger charge is -2.34. The first-order valence-electron chi connectivity index (χ1n) is 9.52. The number of hydrogen-bond donors (Lipinski definition) is 1. The molecular formula is C21H29N5O. The Labute approximate surface area is 161 Å². The van der Waals surface area contributed by atoms with E-state index in [4.69, 9.17) is 0 Å². The van der Waals surface area contributed by atoms with Crippen molar-refractivity contribution in [2.45, 2.75) is 33.2 Å². The molecule has 1 aliphatic rings. The van der Waals surface area contributed by atoms with Crippen LogP contribution < -0.4 is 15.1 Å². The van der Waals surface area contributed by atoms with E-state index < -0.39 is 0 Å². The molecule has 144 valence electrons. The number of amides is 1. The maximum Gasteiger partial charge on any atom is 0.223 e. The minimum atomic E-state index is 0.0683. The molecule has 1 amide bonds. The van der Waals surface area contributed by atoms with Crippen LogP contribution in [0.1, 0.15) is 29.5 Å². The van der Waals surface area contributed by atoms with Gasteiger partial charge in [-0.15, -0.1) is 0 Å². The lowest BCUT2D eigenvalue weighted by atomic mass is 9.95. The fourth-order valence-corrected chi connectivity index (χ4v) is 3.58. The first-order chi connectivity index (χ1) is 13.0. The van der Waals surface area contributed by atoms with Crippen LogP contribution in [0.2, 0.25) is 0 Å². The van der Waals surface area contributed by atoms with Crippen molar-refractivity contribution in [1.82, 2.24) is 15.3 Å². The number of benzene rings is 1. The Hall–Kier alpha value is -2.63. The van der Waals surface area contributed by atoms with Crippen LogP contribution in [0.3, 0.4) is 0 Å². The molecule has 0 spiro atoms. The molecule has 27 heavy (non-hydrogen) atoms. The number of carbonyl (C=O) groups is 1.